The van der Waals surface area contributed by atoms with Crippen LogP contribution in [0.1, 0.15) is 22.6 Å². The third-order valence-corrected chi connectivity index (χ3v) is 3.34. The number of rotatable bonds is 6. The van der Waals surface area contributed by atoms with Gasteiger partial charge in [-0.1, -0.05) is 30.3 Å². The first kappa shape index (κ1) is 13.8. The molecule has 0 aliphatic carbocycles. The lowest BCUT2D eigenvalue weighted by molar-refractivity contribution is 0.328. The molecule has 3 nitrogen and oxygen atoms in total. The fraction of sp³-hybridized carbons (Fsp3) is 0.375. The van der Waals surface area contributed by atoms with Crippen molar-refractivity contribution in [1.82, 2.24) is 4.90 Å². The van der Waals surface area contributed by atoms with E-state index in [-0.39, 0.29) is 0 Å². The van der Waals surface area contributed by atoms with Gasteiger partial charge in [-0.05, 0) is 32.0 Å². The van der Waals surface area contributed by atoms with Crippen LogP contribution in [0, 0.1) is 6.92 Å². The maximum Gasteiger partial charge on any atom is 0.118 e. The normalized spacial score (nSPS) is 11.2. The number of furan rings is 1. The molecule has 1 aromatic carbocycles. The Morgan fingerprint density at radius 2 is 1.95 bits per heavy atom. The molecule has 0 aliphatic rings. The van der Waals surface area contributed by atoms with Crippen LogP contribution in [-0.2, 0) is 19.5 Å². The fourth-order valence-electron chi connectivity index (χ4n) is 2.18. The molecule has 19 heavy (non-hydrogen) atoms. The second kappa shape index (κ2) is 6.55. The summed E-state index contributed by atoms with van der Waals surface area (Å²) in [7, 11) is 2.14. The zero-order valence-electron chi connectivity index (χ0n) is 11.7. The average Bonchev–Trinajstić information content (AvgIpc) is 2.78. The molecule has 3 heteroatoms. The molecule has 0 spiro atoms. The number of nitrogens with two attached hydrogens (primary N) is 1. The topological polar surface area (TPSA) is 42.4 Å². The van der Waals surface area contributed by atoms with Crippen LogP contribution in [0.4, 0.5) is 0 Å². The van der Waals surface area contributed by atoms with Crippen LogP contribution in [-0.4, -0.2) is 18.5 Å². The molecule has 2 aromatic rings. The van der Waals surface area contributed by atoms with Crippen LogP contribution in [0.15, 0.2) is 40.8 Å². The third-order valence-electron chi connectivity index (χ3n) is 3.34. The SMILES string of the molecule is Cc1oc(CN)cc1CN(C)CCc1ccccc1. The van der Waals surface area contributed by atoms with Crippen molar-refractivity contribution in [2.75, 3.05) is 13.6 Å². The molecule has 0 fully saturated rings. The summed E-state index contributed by atoms with van der Waals surface area (Å²) in [5, 5.41) is 0. The molecule has 1 aromatic heterocycles. The molecule has 0 unspecified atom stereocenters. The van der Waals surface area contributed by atoms with Gasteiger partial charge in [0.05, 0.1) is 6.54 Å². The highest BCUT2D eigenvalue weighted by atomic mass is 16.3. The smallest absolute Gasteiger partial charge is 0.118 e. The molecule has 0 atom stereocenters. The van der Waals surface area contributed by atoms with Crippen LogP contribution < -0.4 is 5.73 Å². The first-order valence-electron chi connectivity index (χ1n) is 6.69. The number of aryl methyl sites for hydroxylation is 1. The zero-order valence-corrected chi connectivity index (χ0v) is 11.7. The standard InChI is InChI=1S/C16H22N2O/c1-13-15(10-16(11-17)19-13)12-18(2)9-8-14-6-4-3-5-7-14/h3-7,10H,8-9,11-12,17H2,1-2H3. The zero-order chi connectivity index (χ0) is 13.7. The fourth-order valence-corrected chi connectivity index (χ4v) is 2.18. The molecular weight excluding hydrogens is 236 g/mol. The molecule has 0 saturated carbocycles. The van der Waals surface area contributed by atoms with Gasteiger partial charge in [0.2, 0.25) is 0 Å². The predicted molar refractivity (Wildman–Crippen MR) is 77.8 cm³/mol. The van der Waals surface area contributed by atoms with Gasteiger partial charge in [-0.15, -0.1) is 0 Å². The van der Waals surface area contributed by atoms with Crippen molar-refractivity contribution in [2.24, 2.45) is 5.73 Å². The molecule has 2 N–H and O–H groups in total. The molecular formula is C16H22N2O. The molecule has 0 aliphatic heterocycles. The van der Waals surface area contributed by atoms with E-state index < -0.39 is 0 Å². The molecule has 0 radical (unpaired) electrons. The van der Waals surface area contributed by atoms with Gasteiger partial charge >= 0.3 is 0 Å². The highest BCUT2D eigenvalue weighted by Crippen LogP contribution is 2.16. The molecule has 102 valence electrons. The predicted octanol–water partition coefficient (Wildman–Crippen LogP) is 2.72. The van der Waals surface area contributed by atoms with Gasteiger partial charge in [0.25, 0.3) is 0 Å². The number of nitrogens with zero attached hydrogens (tertiary/aromatic N) is 1. The van der Waals surface area contributed by atoms with Gasteiger partial charge in [-0.3, -0.25) is 0 Å². The number of benzene rings is 1. The largest absolute Gasteiger partial charge is 0.465 e. The minimum absolute atomic E-state index is 0.467. The summed E-state index contributed by atoms with van der Waals surface area (Å²) < 4.78 is 5.58. The lowest BCUT2D eigenvalue weighted by Gasteiger charge is -2.16. The summed E-state index contributed by atoms with van der Waals surface area (Å²) in [6.45, 7) is 4.41. The molecule has 1 heterocycles. The second-order valence-electron chi connectivity index (χ2n) is 4.97. The minimum Gasteiger partial charge on any atom is -0.465 e. The molecule has 2 rings (SSSR count). The summed E-state index contributed by atoms with van der Waals surface area (Å²) in [6.07, 6.45) is 1.07. The van der Waals surface area contributed by atoms with Gasteiger partial charge in [0.15, 0.2) is 0 Å². The van der Waals surface area contributed by atoms with E-state index >= 15 is 0 Å². The van der Waals surface area contributed by atoms with E-state index in [4.69, 9.17) is 10.2 Å². The maximum absolute atomic E-state index is 5.59. The molecule has 0 saturated heterocycles. The lowest BCUT2D eigenvalue weighted by atomic mass is 10.1. The Bertz CT molecular complexity index is 505. The molecule has 0 bridgehead atoms. The van der Waals surface area contributed by atoms with E-state index in [1.54, 1.807) is 0 Å². The van der Waals surface area contributed by atoms with Crippen LogP contribution >= 0.6 is 0 Å². The Kier molecular flexibility index (Phi) is 4.77. The summed E-state index contributed by atoms with van der Waals surface area (Å²) in [4.78, 5) is 2.31. The summed E-state index contributed by atoms with van der Waals surface area (Å²) in [6, 6.07) is 12.6. The third kappa shape index (κ3) is 3.94. The van der Waals surface area contributed by atoms with Crippen molar-refractivity contribution in [1.29, 1.82) is 0 Å². The van der Waals surface area contributed by atoms with E-state index in [0.29, 0.717) is 6.54 Å². The number of likely N-dealkylation sites (N-methyl/N-ethyl adjacent to an activating group) is 1. The summed E-state index contributed by atoms with van der Waals surface area (Å²) >= 11 is 0. The van der Waals surface area contributed by atoms with Crippen LogP contribution in [0.3, 0.4) is 0 Å². The summed E-state index contributed by atoms with van der Waals surface area (Å²) in [5.41, 5.74) is 8.20. The maximum atomic E-state index is 5.59. The van der Waals surface area contributed by atoms with Gasteiger partial charge in [0, 0.05) is 18.7 Å². The van der Waals surface area contributed by atoms with Crippen LogP contribution in [0.2, 0.25) is 0 Å². The number of hydrogen-bond acceptors (Lipinski definition) is 3. The summed E-state index contributed by atoms with van der Waals surface area (Å²) in [5.74, 6) is 1.84. The first-order valence-corrected chi connectivity index (χ1v) is 6.69. The van der Waals surface area contributed by atoms with E-state index in [1.165, 1.54) is 11.1 Å². The van der Waals surface area contributed by atoms with Gasteiger partial charge in [-0.25, -0.2) is 0 Å². The Morgan fingerprint density at radius 3 is 2.58 bits per heavy atom. The lowest BCUT2D eigenvalue weighted by Crippen LogP contribution is -2.20. The van der Waals surface area contributed by atoms with Crippen molar-refractivity contribution in [3.8, 4) is 0 Å². The van der Waals surface area contributed by atoms with Crippen molar-refractivity contribution < 1.29 is 4.42 Å². The van der Waals surface area contributed by atoms with Crippen molar-refractivity contribution >= 4 is 0 Å². The van der Waals surface area contributed by atoms with Crippen LogP contribution in [0.5, 0.6) is 0 Å². The first-order chi connectivity index (χ1) is 9.19. The molecule has 0 amide bonds. The number of hydrogen-bond donors (Lipinski definition) is 1. The van der Waals surface area contributed by atoms with E-state index in [9.17, 15) is 0 Å². The van der Waals surface area contributed by atoms with E-state index in [1.807, 2.05) is 6.92 Å². The average molecular weight is 258 g/mol. The Morgan fingerprint density at radius 1 is 1.21 bits per heavy atom. The monoisotopic (exact) mass is 258 g/mol. The quantitative estimate of drug-likeness (QED) is 0.866. The Labute approximate surface area is 115 Å². The minimum atomic E-state index is 0.467. The highest BCUT2D eigenvalue weighted by molar-refractivity contribution is 5.20. The Hall–Kier alpha value is -1.58. The highest BCUT2D eigenvalue weighted by Gasteiger charge is 2.08. The van der Waals surface area contributed by atoms with Crippen molar-refractivity contribution in [2.45, 2.75) is 26.4 Å². The van der Waals surface area contributed by atoms with Crippen molar-refractivity contribution in [3.05, 3.63) is 59.0 Å². The van der Waals surface area contributed by atoms with Gasteiger partial charge in [0.1, 0.15) is 11.5 Å². The van der Waals surface area contributed by atoms with E-state index in [2.05, 4.69) is 48.3 Å². The van der Waals surface area contributed by atoms with Gasteiger partial charge < -0.3 is 15.1 Å². The second-order valence-corrected chi connectivity index (χ2v) is 4.97. The van der Waals surface area contributed by atoms with Gasteiger partial charge in [-0.2, -0.15) is 0 Å². The van der Waals surface area contributed by atoms with Crippen LogP contribution in [0.25, 0.3) is 0 Å². The Balaban J connectivity index is 1.87. The van der Waals surface area contributed by atoms with Crippen molar-refractivity contribution in [3.63, 3.8) is 0 Å². The van der Waals surface area contributed by atoms with E-state index in [0.717, 1.165) is 31.0 Å².